The van der Waals surface area contributed by atoms with Crippen LogP contribution in [0.25, 0.3) is 0 Å². The highest BCUT2D eigenvalue weighted by atomic mass is 16.5. The molecule has 7 heteroatoms. The predicted molar refractivity (Wildman–Crippen MR) is 114 cm³/mol. The van der Waals surface area contributed by atoms with Gasteiger partial charge in [0.2, 0.25) is 0 Å². The third-order valence-corrected chi connectivity index (χ3v) is 6.51. The second kappa shape index (κ2) is 9.29. The molecule has 1 saturated carbocycles. The Morgan fingerprint density at radius 1 is 1.27 bits per heavy atom. The van der Waals surface area contributed by atoms with Gasteiger partial charge in [0.1, 0.15) is 5.69 Å². The van der Waals surface area contributed by atoms with E-state index in [-0.39, 0.29) is 17.9 Å². The lowest BCUT2D eigenvalue weighted by Gasteiger charge is -2.41. The number of carbonyl (C=O) groups is 1. The minimum atomic E-state index is -0.0306. The second-order valence-electron chi connectivity index (χ2n) is 8.65. The maximum absolute atomic E-state index is 12.8. The summed E-state index contributed by atoms with van der Waals surface area (Å²) in [4.78, 5) is 14.7. The van der Waals surface area contributed by atoms with Crippen molar-refractivity contribution in [2.75, 3.05) is 40.0 Å². The van der Waals surface area contributed by atoms with Gasteiger partial charge in [-0.2, -0.15) is 5.10 Å². The van der Waals surface area contributed by atoms with Crippen LogP contribution >= 0.6 is 0 Å². The van der Waals surface area contributed by atoms with E-state index in [0.717, 1.165) is 19.4 Å². The average molecular weight is 413 g/mol. The Labute approximate surface area is 178 Å². The van der Waals surface area contributed by atoms with Crippen LogP contribution in [0.3, 0.4) is 0 Å². The number of benzene rings is 1. The molecule has 4 rings (SSSR count). The number of likely N-dealkylation sites (tertiary alicyclic amines) is 1. The van der Waals surface area contributed by atoms with E-state index in [4.69, 9.17) is 9.84 Å². The van der Waals surface area contributed by atoms with Crippen LogP contribution in [0.15, 0.2) is 42.6 Å². The summed E-state index contributed by atoms with van der Waals surface area (Å²) in [7, 11) is 1.76. The molecule has 162 valence electrons. The minimum Gasteiger partial charge on any atom is -0.394 e. The molecule has 7 nitrogen and oxygen atoms in total. The van der Waals surface area contributed by atoms with Crippen molar-refractivity contribution in [1.82, 2.24) is 20.0 Å². The molecule has 2 aromatic rings. The topological polar surface area (TPSA) is 79.6 Å². The molecule has 1 aromatic carbocycles. The van der Waals surface area contributed by atoms with Crippen molar-refractivity contribution in [2.24, 2.45) is 5.41 Å². The molecule has 2 aliphatic rings. The van der Waals surface area contributed by atoms with Crippen LogP contribution < -0.4 is 5.32 Å². The summed E-state index contributed by atoms with van der Waals surface area (Å²) >= 11 is 0. The molecule has 1 aliphatic heterocycles. The number of rotatable bonds is 9. The van der Waals surface area contributed by atoms with Gasteiger partial charge in [0.15, 0.2) is 0 Å². The van der Waals surface area contributed by atoms with E-state index in [9.17, 15) is 4.79 Å². The zero-order valence-electron chi connectivity index (χ0n) is 17.7. The van der Waals surface area contributed by atoms with Crippen molar-refractivity contribution >= 4 is 5.91 Å². The Kier molecular flexibility index (Phi) is 6.51. The third kappa shape index (κ3) is 4.74. The first-order valence-corrected chi connectivity index (χ1v) is 10.8. The molecule has 30 heavy (non-hydrogen) atoms. The number of ether oxygens (including phenoxy) is 1. The summed E-state index contributed by atoms with van der Waals surface area (Å²) in [5.74, 6) is 0.582. The number of nitrogens with zero attached hydrogens (tertiary/aromatic N) is 3. The summed E-state index contributed by atoms with van der Waals surface area (Å²) < 4.78 is 7.18. The van der Waals surface area contributed by atoms with E-state index < -0.39 is 0 Å². The van der Waals surface area contributed by atoms with Crippen molar-refractivity contribution < 1.29 is 14.6 Å². The summed E-state index contributed by atoms with van der Waals surface area (Å²) in [5.41, 5.74) is 1.92. The zero-order chi connectivity index (χ0) is 21.0. The zero-order valence-corrected chi connectivity index (χ0v) is 17.7. The highest BCUT2D eigenvalue weighted by Crippen LogP contribution is 2.42. The van der Waals surface area contributed by atoms with Gasteiger partial charge in [0.05, 0.1) is 19.8 Å². The number of nitrogens with one attached hydrogen (secondary N) is 1. The SMILES string of the molecule is COCC1(CN[C@@H]2CC2c2ccccc2)CCN(C(=O)c2ccn(CCO)n2)CC1. The molecule has 1 saturated heterocycles. The Balaban J connectivity index is 1.30. The number of amides is 1. The fourth-order valence-electron chi connectivity index (χ4n) is 4.56. The van der Waals surface area contributed by atoms with Gasteiger partial charge < -0.3 is 20.1 Å². The van der Waals surface area contributed by atoms with Gasteiger partial charge in [-0.25, -0.2) is 0 Å². The highest BCUT2D eigenvalue weighted by molar-refractivity contribution is 5.92. The number of aromatic nitrogens is 2. The van der Waals surface area contributed by atoms with E-state index in [1.165, 1.54) is 12.0 Å². The molecule has 0 bridgehead atoms. The van der Waals surface area contributed by atoms with Crippen molar-refractivity contribution in [3.8, 4) is 0 Å². The number of aliphatic hydroxyl groups excluding tert-OH is 1. The van der Waals surface area contributed by atoms with Crippen LogP contribution in [0.1, 0.15) is 41.2 Å². The number of piperidine rings is 1. The number of aliphatic hydroxyl groups is 1. The van der Waals surface area contributed by atoms with E-state index in [2.05, 4.69) is 40.7 Å². The van der Waals surface area contributed by atoms with Crippen LogP contribution in [0.5, 0.6) is 0 Å². The summed E-state index contributed by atoms with van der Waals surface area (Å²) in [5, 5.41) is 17.1. The van der Waals surface area contributed by atoms with E-state index >= 15 is 0 Å². The van der Waals surface area contributed by atoms with Crippen molar-refractivity contribution in [2.45, 2.75) is 37.8 Å². The number of hydrogen-bond donors (Lipinski definition) is 2. The summed E-state index contributed by atoms with van der Waals surface area (Å²) in [6.07, 6.45) is 4.76. The van der Waals surface area contributed by atoms with Crippen LogP contribution in [-0.2, 0) is 11.3 Å². The summed E-state index contributed by atoms with van der Waals surface area (Å²) in [6.45, 7) is 3.46. The van der Waals surface area contributed by atoms with Crippen LogP contribution in [0, 0.1) is 5.41 Å². The van der Waals surface area contributed by atoms with Gasteiger partial charge in [0, 0.05) is 50.3 Å². The molecule has 2 fully saturated rings. The lowest BCUT2D eigenvalue weighted by atomic mass is 9.78. The first-order valence-electron chi connectivity index (χ1n) is 10.8. The van der Waals surface area contributed by atoms with E-state index in [1.807, 2.05) is 4.90 Å². The monoisotopic (exact) mass is 412 g/mol. The summed E-state index contributed by atoms with van der Waals surface area (Å²) in [6, 6.07) is 13.0. The van der Waals surface area contributed by atoms with E-state index in [0.29, 0.717) is 43.9 Å². The molecule has 0 spiro atoms. The molecular formula is C23H32N4O3. The predicted octanol–water partition coefficient (Wildman–Crippen LogP) is 1.89. The second-order valence-corrected chi connectivity index (χ2v) is 8.65. The number of hydrogen-bond acceptors (Lipinski definition) is 5. The maximum Gasteiger partial charge on any atom is 0.274 e. The largest absolute Gasteiger partial charge is 0.394 e. The lowest BCUT2D eigenvalue weighted by Crippen LogP contribution is -2.49. The molecular weight excluding hydrogens is 380 g/mol. The third-order valence-electron chi connectivity index (χ3n) is 6.51. The molecule has 0 radical (unpaired) electrons. The highest BCUT2D eigenvalue weighted by Gasteiger charge is 2.42. The Bertz CT molecular complexity index is 830. The molecule has 2 atom stereocenters. The number of carbonyl (C=O) groups excluding carboxylic acids is 1. The van der Waals surface area contributed by atoms with Gasteiger partial charge in [-0.3, -0.25) is 9.48 Å². The molecule has 1 aromatic heterocycles. The Hall–Kier alpha value is -2.22. The van der Waals surface area contributed by atoms with Gasteiger partial charge in [0.25, 0.3) is 5.91 Å². The normalized spacial score (nSPS) is 22.8. The van der Waals surface area contributed by atoms with Crippen molar-refractivity contribution in [1.29, 1.82) is 0 Å². The van der Waals surface area contributed by atoms with Gasteiger partial charge >= 0.3 is 0 Å². The smallest absolute Gasteiger partial charge is 0.274 e. The van der Waals surface area contributed by atoms with Gasteiger partial charge in [-0.1, -0.05) is 30.3 Å². The fourth-order valence-corrected chi connectivity index (χ4v) is 4.56. The van der Waals surface area contributed by atoms with Gasteiger partial charge in [-0.15, -0.1) is 0 Å². The minimum absolute atomic E-state index is 0.0116. The van der Waals surface area contributed by atoms with Gasteiger partial charge in [-0.05, 0) is 30.9 Å². The first-order chi connectivity index (χ1) is 14.6. The standard InChI is InChI=1S/C23H32N4O3/c1-30-17-23(16-24-21-15-19(21)18-5-3-2-4-6-18)8-11-26(12-9-23)22(29)20-7-10-27(25-20)13-14-28/h2-7,10,19,21,24,28H,8-9,11-17H2,1H3/t19?,21-/m1/s1. The van der Waals surface area contributed by atoms with Crippen molar-refractivity contribution in [3.63, 3.8) is 0 Å². The Morgan fingerprint density at radius 3 is 2.73 bits per heavy atom. The molecule has 1 amide bonds. The fraction of sp³-hybridized carbons (Fsp3) is 0.565. The Morgan fingerprint density at radius 2 is 2.03 bits per heavy atom. The van der Waals surface area contributed by atoms with Crippen LogP contribution in [0.2, 0.25) is 0 Å². The van der Waals surface area contributed by atoms with E-state index in [1.54, 1.807) is 24.1 Å². The molecule has 1 aliphatic carbocycles. The quantitative estimate of drug-likeness (QED) is 0.658. The van der Waals surface area contributed by atoms with Crippen LogP contribution in [0.4, 0.5) is 0 Å². The average Bonchev–Trinajstić information content (AvgIpc) is 3.42. The molecule has 2 N–H and O–H groups in total. The molecule has 1 unspecified atom stereocenters. The van der Waals surface area contributed by atoms with Crippen molar-refractivity contribution in [3.05, 3.63) is 53.9 Å². The van der Waals surface area contributed by atoms with Crippen LogP contribution in [-0.4, -0.2) is 71.7 Å². The maximum atomic E-state index is 12.8. The molecule has 2 heterocycles. The lowest BCUT2D eigenvalue weighted by molar-refractivity contribution is 0.0199. The number of methoxy groups -OCH3 is 1. The first kappa shape index (κ1) is 21.0.